The van der Waals surface area contributed by atoms with Crippen LogP contribution >= 0.6 is 23.2 Å². The van der Waals surface area contributed by atoms with Gasteiger partial charge in [0.15, 0.2) is 0 Å². The SMILES string of the molecule is Cc1cc(Cl)cc2c1NC(=O)C21C2C(=O)N(c3cc(C(F)(F)F)ccc3Cl)C(=O)C2C2CCCN21. The number of rotatable bonds is 1. The van der Waals surface area contributed by atoms with Crippen molar-refractivity contribution < 1.29 is 27.6 Å². The standard InChI is InChI=1S/C24H18Cl2F3N3O3/c1-10-7-12(25)9-13-19(10)30-22(35)23(13)18-17(15-3-2-6-31(15)23)20(33)32(21(18)34)16-8-11(24(27,28)29)4-5-14(16)26/h4-5,7-9,15,17-18H,2-3,6H2,1H3,(H,30,35). The van der Waals surface area contributed by atoms with Gasteiger partial charge in [-0.2, -0.15) is 13.2 Å². The molecule has 1 spiro atoms. The lowest BCUT2D eigenvalue weighted by Gasteiger charge is -2.36. The highest BCUT2D eigenvalue weighted by Crippen LogP contribution is 2.61. The molecule has 3 saturated heterocycles. The van der Waals surface area contributed by atoms with E-state index in [9.17, 15) is 27.6 Å². The van der Waals surface area contributed by atoms with E-state index in [0.29, 0.717) is 47.3 Å². The Morgan fingerprint density at radius 1 is 1.09 bits per heavy atom. The van der Waals surface area contributed by atoms with Gasteiger partial charge in [0.25, 0.3) is 0 Å². The van der Waals surface area contributed by atoms with Crippen molar-refractivity contribution in [2.45, 2.75) is 37.5 Å². The number of nitrogens with zero attached hydrogens (tertiary/aromatic N) is 2. The predicted octanol–water partition coefficient (Wildman–Crippen LogP) is 4.75. The maximum Gasteiger partial charge on any atom is 0.416 e. The molecule has 6 rings (SSSR count). The highest BCUT2D eigenvalue weighted by Gasteiger charge is 2.75. The summed E-state index contributed by atoms with van der Waals surface area (Å²) in [6, 6.07) is 5.45. The molecule has 2 aromatic rings. The van der Waals surface area contributed by atoms with Gasteiger partial charge in [-0.05, 0) is 62.2 Å². The summed E-state index contributed by atoms with van der Waals surface area (Å²) >= 11 is 12.6. The Kier molecular flexibility index (Phi) is 4.70. The third-order valence-electron chi connectivity index (χ3n) is 7.78. The normalized spacial score (nSPS) is 29.7. The lowest BCUT2D eigenvalue weighted by molar-refractivity contribution is -0.137. The minimum Gasteiger partial charge on any atom is -0.324 e. The van der Waals surface area contributed by atoms with E-state index >= 15 is 0 Å². The summed E-state index contributed by atoms with van der Waals surface area (Å²) in [5, 5.41) is 3.11. The first-order chi connectivity index (χ1) is 16.5. The third kappa shape index (κ3) is 2.80. The van der Waals surface area contributed by atoms with Crippen molar-refractivity contribution in [3.63, 3.8) is 0 Å². The predicted molar refractivity (Wildman–Crippen MR) is 122 cm³/mol. The van der Waals surface area contributed by atoms with Crippen LogP contribution in [0.4, 0.5) is 24.5 Å². The van der Waals surface area contributed by atoms with Crippen LogP contribution in [0.3, 0.4) is 0 Å². The van der Waals surface area contributed by atoms with Crippen LogP contribution in [0.1, 0.15) is 29.5 Å². The summed E-state index contributed by atoms with van der Waals surface area (Å²) in [5.41, 5.74) is -1.06. The molecule has 3 amide bonds. The fourth-order valence-electron chi connectivity index (χ4n) is 6.53. The Bertz CT molecular complexity index is 1350. The van der Waals surface area contributed by atoms with Crippen LogP contribution in [0.2, 0.25) is 10.0 Å². The molecule has 0 aliphatic carbocycles. The molecule has 4 aliphatic heterocycles. The smallest absolute Gasteiger partial charge is 0.324 e. The number of amides is 3. The number of alkyl halides is 3. The van der Waals surface area contributed by atoms with Crippen molar-refractivity contribution in [1.29, 1.82) is 0 Å². The fourth-order valence-corrected chi connectivity index (χ4v) is 7.01. The van der Waals surface area contributed by atoms with Crippen LogP contribution in [0.15, 0.2) is 30.3 Å². The zero-order chi connectivity index (χ0) is 25.0. The number of hydrogen-bond acceptors (Lipinski definition) is 4. The van der Waals surface area contributed by atoms with Crippen LogP contribution in [0.5, 0.6) is 0 Å². The Balaban J connectivity index is 1.56. The van der Waals surface area contributed by atoms with E-state index in [4.69, 9.17) is 23.2 Å². The Morgan fingerprint density at radius 3 is 2.54 bits per heavy atom. The summed E-state index contributed by atoms with van der Waals surface area (Å²) in [6.07, 6.45) is -3.40. The molecule has 1 N–H and O–H groups in total. The Morgan fingerprint density at radius 2 is 1.83 bits per heavy atom. The second-order valence-electron chi connectivity index (χ2n) is 9.45. The van der Waals surface area contributed by atoms with Gasteiger partial charge in [-0.15, -0.1) is 0 Å². The summed E-state index contributed by atoms with van der Waals surface area (Å²) < 4.78 is 40.3. The molecule has 0 aromatic heterocycles. The molecule has 4 unspecified atom stereocenters. The van der Waals surface area contributed by atoms with Crippen molar-refractivity contribution in [1.82, 2.24) is 4.90 Å². The van der Waals surface area contributed by atoms with Crippen molar-refractivity contribution in [3.8, 4) is 0 Å². The van der Waals surface area contributed by atoms with Gasteiger partial charge in [0.1, 0.15) is 5.54 Å². The van der Waals surface area contributed by atoms with Crippen LogP contribution in [0, 0.1) is 18.8 Å². The minimum absolute atomic E-state index is 0.160. The molecule has 182 valence electrons. The van der Waals surface area contributed by atoms with Crippen molar-refractivity contribution >= 4 is 52.3 Å². The van der Waals surface area contributed by atoms with E-state index in [0.717, 1.165) is 17.0 Å². The van der Waals surface area contributed by atoms with E-state index in [2.05, 4.69) is 5.32 Å². The third-order valence-corrected chi connectivity index (χ3v) is 8.32. The highest BCUT2D eigenvalue weighted by atomic mass is 35.5. The van der Waals surface area contributed by atoms with Crippen molar-refractivity contribution in [2.24, 2.45) is 11.8 Å². The molecule has 0 radical (unpaired) electrons. The van der Waals surface area contributed by atoms with E-state index in [-0.39, 0.29) is 10.7 Å². The van der Waals surface area contributed by atoms with Crippen LogP contribution in [-0.4, -0.2) is 35.2 Å². The van der Waals surface area contributed by atoms with Gasteiger partial charge < -0.3 is 5.32 Å². The number of benzene rings is 2. The first-order valence-electron chi connectivity index (χ1n) is 11.1. The zero-order valence-corrected chi connectivity index (χ0v) is 19.8. The van der Waals surface area contributed by atoms with Gasteiger partial charge in [0.05, 0.1) is 28.1 Å². The molecule has 4 aliphatic rings. The average molecular weight is 524 g/mol. The van der Waals surface area contributed by atoms with Gasteiger partial charge in [0, 0.05) is 22.3 Å². The molecule has 4 atom stereocenters. The summed E-state index contributed by atoms with van der Waals surface area (Å²) in [6.45, 7) is 2.29. The number of nitrogens with one attached hydrogen (secondary N) is 1. The van der Waals surface area contributed by atoms with Crippen molar-refractivity contribution in [3.05, 3.63) is 57.1 Å². The molecule has 11 heteroatoms. The Hall–Kier alpha value is -2.62. The molecule has 4 heterocycles. The van der Waals surface area contributed by atoms with Gasteiger partial charge in [0.2, 0.25) is 17.7 Å². The summed E-state index contributed by atoms with van der Waals surface area (Å²) in [4.78, 5) is 44.0. The van der Waals surface area contributed by atoms with Gasteiger partial charge in [-0.3, -0.25) is 19.3 Å². The molecule has 35 heavy (non-hydrogen) atoms. The molecular formula is C24H18Cl2F3N3O3. The van der Waals surface area contributed by atoms with Crippen LogP contribution in [0.25, 0.3) is 0 Å². The molecule has 3 fully saturated rings. The summed E-state index contributed by atoms with van der Waals surface area (Å²) in [5.74, 6) is -3.83. The second-order valence-corrected chi connectivity index (χ2v) is 10.3. The van der Waals surface area contributed by atoms with Gasteiger partial charge >= 0.3 is 6.18 Å². The average Bonchev–Trinajstić information content (AvgIpc) is 3.47. The van der Waals surface area contributed by atoms with E-state index in [1.165, 1.54) is 0 Å². The highest BCUT2D eigenvalue weighted by molar-refractivity contribution is 6.36. The second kappa shape index (κ2) is 7.21. The van der Waals surface area contributed by atoms with Crippen LogP contribution in [-0.2, 0) is 26.1 Å². The number of aryl methyl sites for hydroxylation is 1. The molecule has 6 nitrogen and oxygen atoms in total. The van der Waals surface area contributed by atoms with E-state index in [1.807, 2.05) is 4.90 Å². The topological polar surface area (TPSA) is 69.7 Å². The number of imide groups is 1. The maximum atomic E-state index is 14.0. The monoisotopic (exact) mass is 523 g/mol. The molecule has 2 aromatic carbocycles. The van der Waals surface area contributed by atoms with Gasteiger partial charge in [-0.25, -0.2) is 4.90 Å². The van der Waals surface area contributed by atoms with E-state index < -0.39 is 52.9 Å². The lowest BCUT2D eigenvalue weighted by atomic mass is 9.75. The van der Waals surface area contributed by atoms with E-state index in [1.54, 1.807) is 19.1 Å². The lowest BCUT2D eigenvalue weighted by Crippen LogP contribution is -2.54. The quantitative estimate of drug-likeness (QED) is 0.547. The van der Waals surface area contributed by atoms with Crippen LogP contribution < -0.4 is 10.2 Å². The number of halogens is 5. The molecular weight excluding hydrogens is 506 g/mol. The number of carbonyl (C=O) groups is 3. The number of hydrogen-bond donors (Lipinski definition) is 1. The van der Waals surface area contributed by atoms with Crippen molar-refractivity contribution in [2.75, 3.05) is 16.8 Å². The number of fused-ring (bicyclic) bond motifs is 7. The first kappa shape index (κ1) is 22.8. The number of carbonyl (C=O) groups excluding carboxylic acids is 3. The summed E-state index contributed by atoms with van der Waals surface area (Å²) in [7, 11) is 0. The van der Waals surface area contributed by atoms with Gasteiger partial charge in [-0.1, -0.05) is 23.2 Å². The molecule has 0 saturated carbocycles. The maximum absolute atomic E-state index is 14.0. The minimum atomic E-state index is -4.69. The largest absolute Gasteiger partial charge is 0.416 e. The number of anilines is 2. The fraction of sp³-hybridized carbons (Fsp3) is 0.375. The zero-order valence-electron chi connectivity index (χ0n) is 18.2. The molecule has 0 bridgehead atoms. The first-order valence-corrected chi connectivity index (χ1v) is 11.9. The Labute approximate surface area is 208 Å².